The third kappa shape index (κ3) is 2.65. The highest BCUT2D eigenvalue weighted by molar-refractivity contribution is 7.89. The first-order valence-electron chi connectivity index (χ1n) is 5.25. The van der Waals surface area contributed by atoms with Gasteiger partial charge in [0.25, 0.3) is 0 Å². The number of benzene rings is 1. The molecule has 1 heterocycles. The Hall–Kier alpha value is -1.40. The highest BCUT2D eigenvalue weighted by atomic mass is 32.2. The van der Waals surface area contributed by atoms with Crippen LogP contribution in [0.5, 0.6) is 0 Å². The number of fused-ring (bicyclic) bond motifs is 1. The van der Waals surface area contributed by atoms with Gasteiger partial charge in [0.05, 0.1) is 22.3 Å². The van der Waals surface area contributed by atoms with Crippen LogP contribution < -0.4 is 4.72 Å². The van der Waals surface area contributed by atoms with E-state index in [2.05, 4.69) is 14.7 Å². The van der Waals surface area contributed by atoms with Crippen LogP contribution in [0.25, 0.3) is 11.0 Å². The summed E-state index contributed by atoms with van der Waals surface area (Å²) in [5.41, 5.74) is 0.961. The average Bonchev–Trinajstić information content (AvgIpc) is 2.59. The van der Waals surface area contributed by atoms with E-state index in [0.29, 0.717) is 5.52 Å². The van der Waals surface area contributed by atoms with Crippen LogP contribution in [-0.2, 0) is 10.0 Å². The summed E-state index contributed by atoms with van der Waals surface area (Å²) in [7, 11) is -3.49. The van der Waals surface area contributed by atoms with Gasteiger partial charge in [0.15, 0.2) is 0 Å². The normalized spacial score (nSPS) is 13.1. The lowest BCUT2D eigenvalue weighted by Gasteiger charge is -2.20. The Balaban J connectivity index is 2.45. The van der Waals surface area contributed by atoms with Crippen LogP contribution in [0.2, 0.25) is 0 Å². The van der Waals surface area contributed by atoms with E-state index < -0.39 is 15.6 Å². The van der Waals surface area contributed by atoms with Gasteiger partial charge in [-0.3, -0.25) is 0 Å². The Labute approximate surface area is 100 Å². The molecule has 0 amide bonds. The van der Waals surface area contributed by atoms with E-state index in [1.54, 1.807) is 39.0 Å². The van der Waals surface area contributed by atoms with Crippen molar-refractivity contribution in [3.63, 3.8) is 0 Å². The Kier molecular flexibility index (Phi) is 2.71. The predicted octanol–water partition coefficient (Wildman–Crippen LogP) is 1.64. The summed E-state index contributed by atoms with van der Waals surface area (Å²) in [4.78, 5) is 7.18. The standard InChI is InChI=1S/C11H15N3O2S/c1-11(2,3)14-17(15,16)8-4-5-9-10(6-8)13-7-12-9/h4-7,14H,1-3H3,(H,12,13). The molecule has 0 unspecified atom stereocenters. The lowest BCUT2D eigenvalue weighted by Crippen LogP contribution is -2.40. The van der Waals surface area contributed by atoms with Gasteiger partial charge in [0, 0.05) is 5.54 Å². The van der Waals surface area contributed by atoms with E-state index in [4.69, 9.17) is 0 Å². The van der Waals surface area contributed by atoms with E-state index >= 15 is 0 Å². The number of nitrogens with zero attached hydrogens (tertiary/aromatic N) is 1. The van der Waals surface area contributed by atoms with E-state index in [-0.39, 0.29) is 4.90 Å². The number of hydrogen-bond acceptors (Lipinski definition) is 3. The Morgan fingerprint density at radius 3 is 2.65 bits per heavy atom. The molecule has 0 saturated carbocycles. The molecule has 0 aliphatic carbocycles. The van der Waals surface area contributed by atoms with Crippen LogP contribution in [0.1, 0.15) is 20.8 Å². The Morgan fingerprint density at radius 2 is 2.00 bits per heavy atom. The largest absolute Gasteiger partial charge is 0.345 e. The van der Waals surface area contributed by atoms with Gasteiger partial charge in [-0.25, -0.2) is 18.1 Å². The number of imidazole rings is 1. The third-order valence-electron chi connectivity index (χ3n) is 2.14. The minimum Gasteiger partial charge on any atom is -0.345 e. The third-order valence-corrected chi connectivity index (χ3v) is 3.90. The van der Waals surface area contributed by atoms with Gasteiger partial charge >= 0.3 is 0 Å². The first-order chi connectivity index (χ1) is 7.78. The maximum absolute atomic E-state index is 12.1. The molecule has 0 aliphatic heterocycles. The zero-order valence-electron chi connectivity index (χ0n) is 9.98. The van der Waals surface area contributed by atoms with Crippen LogP contribution in [-0.4, -0.2) is 23.9 Å². The van der Waals surface area contributed by atoms with Crippen molar-refractivity contribution in [3.8, 4) is 0 Å². The van der Waals surface area contributed by atoms with Gasteiger partial charge < -0.3 is 4.98 Å². The molecule has 0 bridgehead atoms. The second-order valence-corrected chi connectivity index (χ2v) is 6.62. The van der Waals surface area contributed by atoms with Gasteiger partial charge in [-0.1, -0.05) is 0 Å². The van der Waals surface area contributed by atoms with Crippen LogP contribution in [0.15, 0.2) is 29.4 Å². The van der Waals surface area contributed by atoms with E-state index in [0.717, 1.165) is 5.52 Å². The molecule has 2 aromatic rings. The smallest absolute Gasteiger partial charge is 0.241 e. The van der Waals surface area contributed by atoms with E-state index in [1.165, 1.54) is 6.33 Å². The summed E-state index contributed by atoms with van der Waals surface area (Å²) in [5, 5.41) is 0. The molecule has 17 heavy (non-hydrogen) atoms. The monoisotopic (exact) mass is 253 g/mol. The lowest BCUT2D eigenvalue weighted by molar-refractivity contribution is 0.491. The number of H-pyrrole nitrogens is 1. The minimum atomic E-state index is -3.49. The lowest BCUT2D eigenvalue weighted by atomic mass is 10.1. The molecule has 0 atom stereocenters. The van der Waals surface area contributed by atoms with Gasteiger partial charge in [-0.15, -0.1) is 0 Å². The maximum atomic E-state index is 12.1. The zero-order chi connectivity index (χ0) is 12.7. The molecule has 1 aromatic carbocycles. The molecule has 5 nitrogen and oxygen atoms in total. The Bertz CT molecular complexity index is 638. The number of sulfonamides is 1. The molecular weight excluding hydrogens is 238 g/mol. The van der Waals surface area contributed by atoms with Gasteiger partial charge in [-0.2, -0.15) is 0 Å². The molecule has 6 heteroatoms. The maximum Gasteiger partial charge on any atom is 0.241 e. The summed E-state index contributed by atoms with van der Waals surface area (Å²) in [6, 6.07) is 4.82. The Morgan fingerprint density at radius 1 is 1.29 bits per heavy atom. The summed E-state index contributed by atoms with van der Waals surface area (Å²) in [5.74, 6) is 0. The highest BCUT2D eigenvalue weighted by Gasteiger charge is 2.22. The number of hydrogen-bond donors (Lipinski definition) is 2. The fraction of sp³-hybridized carbons (Fsp3) is 0.364. The van der Waals surface area contributed by atoms with E-state index in [1.807, 2.05) is 0 Å². The van der Waals surface area contributed by atoms with Gasteiger partial charge in [-0.05, 0) is 39.0 Å². The predicted molar refractivity (Wildman–Crippen MR) is 66.2 cm³/mol. The molecule has 2 rings (SSSR count). The minimum absolute atomic E-state index is 0.240. The second-order valence-electron chi connectivity index (χ2n) is 4.94. The van der Waals surface area contributed by atoms with Crippen molar-refractivity contribution in [2.24, 2.45) is 0 Å². The van der Waals surface area contributed by atoms with Gasteiger partial charge in [0.2, 0.25) is 10.0 Å². The molecule has 0 saturated heterocycles. The fourth-order valence-electron chi connectivity index (χ4n) is 1.54. The van der Waals surface area contributed by atoms with Crippen molar-refractivity contribution in [2.75, 3.05) is 0 Å². The summed E-state index contributed by atoms with van der Waals surface area (Å²) >= 11 is 0. The van der Waals surface area contributed by atoms with Crippen molar-refractivity contribution < 1.29 is 8.42 Å². The molecule has 2 N–H and O–H groups in total. The van der Waals surface area contributed by atoms with Crippen molar-refractivity contribution in [1.29, 1.82) is 0 Å². The SMILES string of the molecule is CC(C)(C)NS(=O)(=O)c1ccc2nc[nH]c2c1. The molecule has 0 aliphatic rings. The quantitative estimate of drug-likeness (QED) is 0.854. The summed E-state index contributed by atoms with van der Waals surface area (Å²) < 4.78 is 26.7. The van der Waals surface area contributed by atoms with Crippen molar-refractivity contribution in [1.82, 2.24) is 14.7 Å². The van der Waals surface area contributed by atoms with Crippen molar-refractivity contribution in [2.45, 2.75) is 31.2 Å². The summed E-state index contributed by atoms with van der Waals surface area (Å²) in [6.07, 6.45) is 1.54. The molecule has 0 radical (unpaired) electrons. The molecule has 0 spiro atoms. The number of aromatic nitrogens is 2. The van der Waals surface area contributed by atoms with Crippen molar-refractivity contribution in [3.05, 3.63) is 24.5 Å². The molecule has 0 fully saturated rings. The number of rotatable bonds is 2. The topological polar surface area (TPSA) is 74.8 Å². The van der Waals surface area contributed by atoms with Crippen molar-refractivity contribution >= 4 is 21.1 Å². The van der Waals surface area contributed by atoms with Gasteiger partial charge in [0.1, 0.15) is 0 Å². The first kappa shape index (κ1) is 12.1. The van der Waals surface area contributed by atoms with Crippen LogP contribution in [0.4, 0.5) is 0 Å². The zero-order valence-corrected chi connectivity index (χ0v) is 10.8. The molecule has 92 valence electrons. The first-order valence-corrected chi connectivity index (χ1v) is 6.73. The number of aromatic amines is 1. The summed E-state index contributed by atoms with van der Waals surface area (Å²) in [6.45, 7) is 5.41. The number of nitrogens with one attached hydrogen (secondary N) is 2. The van der Waals surface area contributed by atoms with Crippen LogP contribution in [0, 0.1) is 0 Å². The average molecular weight is 253 g/mol. The second kappa shape index (κ2) is 3.82. The highest BCUT2D eigenvalue weighted by Crippen LogP contribution is 2.17. The molecular formula is C11H15N3O2S. The van der Waals surface area contributed by atoms with Crippen LogP contribution in [0.3, 0.4) is 0 Å². The van der Waals surface area contributed by atoms with E-state index in [9.17, 15) is 8.42 Å². The van der Waals surface area contributed by atoms with Crippen LogP contribution >= 0.6 is 0 Å². The molecule has 1 aromatic heterocycles. The fourth-order valence-corrected chi connectivity index (χ4v) is 2.99.